The summed E-state index contributed by atoms with van der Waals surface area (Å²) in [5.74, 6) is -0.255. The van der Waals surface area contributed by atoms with E-state index >= 15 is 0 Å². The van der Waals surface area contributed by atoms with Crippen molar-refractivity contribution < 1.29 is 9.59 Å². The van der Waals surface area contributed by atoms with E-state index in [0.29, 0.717) is 11.3 Å². The van der Waals surface area contributed by atoms with Crippen molar-refractivity contribution in [2.24, 2.45) is 0 Å². The van der Waals surface area contributed by atoms with E-state index in [2.05, 4.69) is 10.3 Å². The van der Waals surface area contributed by atoms with Crippen molar-refractivity contribution in [3.8, 4) is 5.69 Å². The number of nitrogens with one attached hydrogen (secondary N) is 1. The van der Waals surface area contributed by atoms with Crippen LogP contribution < -0.4 is 5.32 Å². The molecule has 3 rings (SSSR count). The Morgan fingerprint density at radius 2 is 1.81 bits per heavy atom. The first-order chi connectivity index (χ1) is 13.0. The Hall–Kier alpha value is -2.86. The van der Waals surface area contributed by atoms with E-state index in [1.165, 1.54) is 18.7 Å². The number of carbonyl (C=O) groups excluding carboxylic acids is 2. The number of hydrogen-bond donors (Lipinski definition) is 1. The molecule has 1 atom stereocenters. The van der Waals surface area contributed by atoms with Crippen molar-refractivity contribution in [3.63, 3.8) is 0 Å². The van der Waals surface area contributed by atoms with E-state index in [0.717, 1.165) is 16.4 Å². The molecular formula is C21H21N3O2S. The number of para-hydroxylation sites is 2. The third kappa shape index (κ3) is 4.28. The van der Waals surface area contributed by atoms with Crippen molar-refractivity contribution in [2.45, 2.75) is 31.2 Å². The molecule has 1 amide bonds. The van der Waals surface area contributed by atoms with Crippen LogP contribution in [0.3, 0.4) is 0 Å². The van der Waals surface area contributed by atoms with Crippen molar-refractivity contribution in [3.05, 3.63) is 72.1 Å². The molecule has 1 aromatic heterocycles. The number of amides is 1. The second-order valence-corrected chi connectivity index (χ2v) is 7.53. The van der Waals surface area contributed by atoms with Crippen LogP contribution in [0.25, 0.3) is 5.69 Å². The predicted molar refractivity (Wildman–Crippen MR) is 109 cm³/mol. The average Bonchev–Trinajstić information content (AvgIpc) is 3.10. The Morgan fingerprint density at radius 3 is 2.56 bits per heavy atom. The minimum absolute atomic E-state index is 0.0821. The van der Waals surface area contributed by atoms with Gasteiger partial charge in [0.1, 0.15) is 0 Å². The van der Waals surface area contributed by atoms with Crippen LogP contribution in [0.1, 0.15) is 29.8 Å². The molecule has 3 aromatic rings. The third-order valence-electron chi connectivity index (χ3n) is 4.20. The first kappa shape index (κ1) is 18.9. The lowest BCUT2D eigenvalue weighted by Crippen LogP contribution is -2.24. The molecule has 1 heterocycles. The van der Waals surface area contributed by atoms with Crippen LogP contribution in [-0.4, -0.2) is 26.5 Å². The van der Waals surface area contributed by atoms with Crippen molar-refractivity contribution in [1.29, 1.82) is 0 Å². The number of ketones is 1. The number of anilines is 1. The summed E-state index contributed by atoms with van der Waals surface area (Å²) in [7, 11) is 0. The Morgan fingerprint density at radius 1 is 1.11 bits per heavy atom. The Bertz CT molecular complexity index is 981. The van der Waals surface area contributed by atoms with E-state index in [4.69, 9.17) is 0 Å². The highest BCUT2D eigenvalue weighted by molar-refractivity contribution is 8.00. The molecule has 0 saturated heterocycles. The molecule has 0 aliphatic heterocycles. The molecular weight excluding hydrogens is 358 g/mol. The molecule has 0 aliphatic carbocycles. The Labute approximate surface area is 162 Å². The Balaban J connectivity index is 1.76. The predicted octanol–water partition coefficient (Wildman–Crippen LogP) is 4.50. The van der Waals surface area contributed by atoms with Gasteiger partial charge in [-0.2, -0.15) is 0 Å². The van der Waals surface area contributed by atoms with Gasteiger partial charge in [0.25, 0.3) is 0 Å². The normalized spacial score (nSPS) is 11.8. The van der Waals surface area contributed by atoms with Crippen LogP contribution in [0.2, 0.25) is 0 Å². The summed E-state index contributed by atoms with van der Waals surface area (Å²) in [5.41, 5.74) is 3.20. The third-order valence-corrected chi connectivity index (χ3v) is 5.28. The highest BCUT2D eigenvalue weighted by Gasteiger charge is 2.19. The van der Waals surface area contributed by atoms with E-state index in [-0.39, 0.29) is 16.9 Å². The molecule has 27 heavy (non-hydrogen) atoms. The zero-order chi connectivity index (χ0) is 19.4. The number of benzene rings is 2. The van der Waals surface area contributed by atoms with E-state index < -0.39 is 0 Å². The molecule has 5 nitrogen and oxygen atoms in total. The van der Waals surface area contributed by atoms with Crippen LogP contribution in [0.4, 0.5) is 5.69 Å². The number of imidazole rings is 1. The lowest BCUT2D eigenvalue weighted by molar-refractivity contribution is -0.115. The van der Waals surface area contributed by atoms with Gasteiger partial charge in [-0.1, -0.05) is 42.1 Å². The zero-order valence-corrected chi connectivity index (χ0v) is 16.3. The van der Waals surface area contributed by atoms with Gasteiger partial charge in [0, 0.05) is 18.0 Å². The number of rotatable bonds is 6. The van der Waals surface area contributed by atoms with Gasteiger partial charge in [0.2, 0.25) is 5.91 Å². The van der Waals surface area contributed by atoms with Crippen LogP contribution in [0.5, 0.6) is 0 Å². The first-order valence-corrected chi connectivity index (χ1v) is 9.52. The standard InChI is InChI=1S/C21H21N3O2S/c1-14-8-4-7-11-19(14)24-13-12-22-21(24)27-16(3)20(26)23-18-10-6-5-9-17(18)15(2)25/h4-13,16H,1-3H3,(H,23,26). The van der Waals surface area contributed by atoms with E-state index in [1.807, 2.05) is 48.9 Å². The van der Waals surface area contributed by atoms with E-state index in [9.17, 15) is 9.59 Å². The lowest BCUT2D eigenvalue weighted by atomic mass is 10.1. The maximum absolute atomic E-state index is 12.6. The van der Waals surface area contributed by atoms with Gasteiger partial charge in [0.05, 0.1) is 16.6 Å². The number of hydrogen-bond acceptors (Lipinski definition) is 4. The fourth-order valence-electron chi connectivity index (χ4n) is 2.74. The maximum atomic E-state index is 12.6. The second kappa shape index (κ2) is 8.22. The summed E-state index contributed by atoms with van der Waals surface area (Å²) in [6, 6.07) is 15.1. The summed E-state index contributed by atoms with van der Waals surface area (Å²) in [5, 5.41) is 3.22. The smallest absolute Gasteiger partial charge is 0.237 e. The van der Waals surface area contributed by atoms with Gasteiger partial charge in [-0.3, -0.25) is 14.2 Å². The minimum atomic E-state index is -0.379. The quantitative estimate of drug-likeness (QED) is 0.506. The largest absolute Gasteiger partial charge is 0.324 e. The zero-order valence-electron chi connectivity index (χ0n) is 15.5. The highest BCUT2D eigenvalue weighted by Crippen LogP contribution is 2.27. The molecule has 138 valence electrons. The summed E-state index contributed by atoms with van der Waals surface area (Å²) >= 11 is 1.38. The second-order valence-electron chi connectivity index (χ2n) is 6.22. The molecule has 6 heteroatoms. The summed E-state index contributed by atoms with van der Waals surface area (Å²) < 4.78 is 1.98. The van der Waals surface area contributed by atoms with Gasteiger partial charge in [-0.15, -0.1) is 0 Å². The van der Waals surface area contributed by atoms with Gasteiger partial charge in [0.15, 0.2) is 10.9 Å². The fourth-order valence-corrected chi connectivity index (χ4v) is 3.62. The van der Waals surface area contributed by atoms with Gasteiger partial charge < -0.3 is 5.32 Å². The van der Waals surface area contributed by atoms with Gasteiger partial charge in [-0.05, 0) is 44.5 Å². The number of thioether (sulfide) groups is 1. The molecule has 0 spiro atoms. The molecule has 2 aromatic carbocycles. The number of carbonyl (C=O) groups is 2. The summed E-state index contributed by atoms with van der Waals surface area (Å²) in [4.78, 5) is 28.8. The van der Waals surface area contributed by atoms with Gasteiger partial charge >= 0.3 is 0 Å². The average molecular weight is 379 g/mol. The van der Waals surface area contributed by atoms with Crippen molar-refractivity contribution in [1.82, 2.24) is 9.55 Å². The molecule has 0 saturated carbocycles. The number of aromatic nitrogens is 2. The molecule has 0 bridgehead atoms. The molecule has 0 radical (unpaired) electrons. The first-order valence-electron chi connectivity index (χ1n) is 8.64. The van der Waals surface area contributed by atoms with Crippen LogP contribution in [-0.2, 0) is 4.79 Å². The Kier molecular flexibility index (Phi) is 5.76. The topological polar surface area (TPSA) is 64.0 Å². The SMILES string of the molecule is CC(=O)c1ccccc1NC(=O)C(C)Sc1nccn1-c1ccccc1C. The number of Topliss-reactive ketones (excluding diaryl/α,β-unsaturated/α-hetero) is 1. The molecule has 1 unspecified atom stereocenters. The summed E-state index contributed by atoms with van der Waals surface area (Å²) in [6.45, 7) is 5.36. The molecule has 0 aliphatic rings. The molecule has 0 fully saturated rings. The number of aryl methyl sites for hydroxylation is 1. The van der Waals surface area contributed by atoms with Crippen LogP contribution in [0.15, 0.2) is 66.1 Å². The van der Waals surface area contributed by atoms with Crippen molar-refractivity contribution in [2.75, 3.05) is 5.32 Å². The van der Waals surface area contributed by atoms with E-state index in [1.54, 1.807) is 30.5 Å². The van der Waals surface area contributed by atoms with Gasteiger partial charge in [-0.25, -0.2) is 4.98 Å². The van der Waals surface area contributed by atoms with Crippen LogP contribution in [0, 0.1) is 6.92 Å². The minimum Gasteiger partial charge on any atom is -0.324 e. The summed E-state index contributed by atoms with van der Waals surface area (Å²) in [6.07, 6.45) is 3.62. The fraction of sp³-hybridized carbons (Fsp3) is 0.190. The van der Waals surface area contributed by atoms with Crippen LogP contribution >= 0.6 is 11.8 Å². The lowest BCUT2D eigenvalue weighted by Gasteiger charge is -2.15. The maximum Gasteiger partial charge on any atom is 0.237 e. The highest BCUT2D eigenvalue weighted by atomic mass is 32.2. The monoisotopic (exact) mass is 379 g/mol. The number of nitrogens with zero attached hydrogens (tertiary/aromatic N) is 2. The van der Waals surface area contributed by atoms with Crippen molar-refractivity contribution >= 4 is 29.1 Å². The molecule has 1 N–H and O–H groups in total.